The molecule has 6 nitrogen and oxygen atoms in total. The van der Waals surface area contributed by atoms with Crippen LogP contribution >= 0.6 is 0 Å². The van der Waals surface area contributed by atoms with E-state index in [1.54, 1.807) is 20.3 Å². The maximum atomic E-state index is 10.5. The van der Waals surface area contributed by atoms with Gasteiger partial charge in [-0.25, -0.2) is 0 Å². The summed E-state index contributed by atoms with van der Waals surface area (Å²) in [6.07, 6.45) is 1.03. The van der Waals surface area contributed by atoms with Crippen LogP contribution < -0.4 is 18.9 Å². The number of hydrogen-bond donors (Lipinski definition) is 0. The van der Waals surface area contributed by atoms with Gasteiger partial charge in [0.2, 0.25) is 0 Å². The Morgan fingerprint density at radius 1 is 0.970 bits per heavy atom. The Morgan fingerprint density at radius 2 is 1.61 bits per heavy atom. The van der Waals surface area contributed by atoms with E-state index in [-0.39, 0.29) is 17.7 Å². The van der Waals surface area contributed by atoms with E-state index in [4.69, 9.17) is 27.2 Å². The lowest BCUT2D eigenvalue weighted by atomic mass is 9.69. The average molecular weight is 461 g/mol. The molecule has 0 aliphatic carbocycles. The molecular weight excluding hydrogens is 416 g/mol. The highest BCUT2D eigenvalue weighted by molar-refractivity contribution is 5.47. The molecule has 0 radical (unpaired) electrons. The summed E-state index contributed by atoms with van der Waals surface area (Å²) in [5, 5.41) is 10.5. The summed E-state index contributed by atoms with van der Waals surface area (Å²) >= 11 is 0. The fourth-order valence-electron chi connectivity index (χ4n) is 3.80. The number of nitriles is 1. The normalized spacial score (nSPS) is 17.8. The molecule has 0 aromatic heterocycles. The molecule has 2 atom stereocenters. The molecule has 0 spiro atoms. The minimum Gasteiger partial charge on any atom is -0.493 e. The second-order valence-electron chi connectivity index (χ2n) is 7.85. The monoisotopic (exact) mass is 460 g/mol. The molecule has 2 aromatic rings. The quantitative estimate of drug-likeness (QED) is 0.415. The maximum absolute atomic E-state index is 10.5. The number of hydrogen-bond acceptors (Lipinski definition) is 6. The van der Waals surface area contributed by atoms with Gasteiger partial charge >= 0.3 is 0 Å². The SMILES string of the molecule is [2H]C([2H])C([2H])(C([2H])([2H])[2H])C(C#N)(CCCN(C)CCc1ccc(OC)c(OC)c1)c1ccc(OC)c(OC)c1. The van der Waals surface area contributed by atoms with Crippen LogP contribution in [-0.4, -0.2) is 53.5 Å². The van der Waals surface area contributed by atoms with E-state index in [1.165, 1.54) is 26.4 Å². The van der Waals surface area contributed by atoms with E-state index in [2.05, 4.69) is 6.07 Å². The molecule has 0 saturated heterocycles. The van der Waals surface area contributed by atoms with Crippen molar-refractivity contribution in [1.82, 2.24) is 4.90 Å². The van der Waals surface area contributed by atoms with Crippen LogP contribution in [0.15, 0.2) is 36.4 Å². The minimum atomic E-state index is -3.08. The van der Waals surface area contributed by atoms with Crippen LogP contribution in [0.5, 0.6) is 23.0 Å². The molecule has 0 saturated carbocycles. The Hall–Kier alpha value is -2.91. The van der Waals surface area contributed by atoms with E-state index in [9.17, 15) is 5.26 Å². The van der Waals surface area contributed by atoms with Gasteiger partial charge in [-0.2, -0.15) is 5.26 Å². The summed E-state index contributed by atoms with van der Waals surface area (Å²) in [5.41, 5.74) is -0.739. The summed E-state index contributed by atoms with van der Waals surface area (Å²) in [4.78, 5) is 2.05. The first-order chi connectivity index (χ1) is 18.3. The number of methoxy groups -OCH3 is 4. The van der Waals surface area contributed by atoms with Crippen LogP contribution in [0, 0.1) is 17.2 Å². The topological polar surface area (TPSA) is 64.0 Å². The lowest BCUT2D eigenvalue weighted by Crippen LogP contribution is -2.32. The van der Waals surface area contributed by atoms with Crippen LogP contribution in [0.2, 0.25) is 0 Å². The molecule has 180 valence electrons. The molecule has 6 heteroatoms. The van der Waals surface area contributed by atoms with Gasteiger partial charge in [-0.1, -0.05) is 25.9 Å². The minimum absolute atomic E-state index is 0.0458. The summed E-state index contributed by atoms with van der Waals surface area (Å²) < 4.78 is 70.8. The first-order valence-corrected chi connectivity index (χ1v) is 10.7. The van der Waals surface area contributed by atoms with Crippen molar-refractivity contribution in [3.05, 3.63) is 47.5 Å². The zero-order chi connectivity index (χ0) is 29.4. The van der Waals surface area contributed by atoms with E-state index >= 15 is 0 Å². The zero-order valence-corrected chi connectivity index (χ0v) is 20.1. The Labute approximate surface area is 207 Å². The third-order valence-corrected chi connectivity index (χ3v) is 5.85. The van der Waals surface area contributed by atoms with Crippen molar-refractivity contribution in [2.45, 2.75) is 38.4 Å². The summed E-state index contributed by atoms with van der Waals surface area (Å²) in [6, 6.07) is 12.3. The molecule has 0 bridgehead atoms. The number of benzene rings is 2. The zero-order valence-electron chi connectivity index (χ0n) is 26.1. The molecular formula is C27H38N2O4. The largest absolute Gasteiger partial charge is 0.493 e. The second-order valence-corrected chi connectivity index (χ2v) is 7.85. The van der Waals surface area contributed by atoms with Gasteiger partial charge in [0.25, 0.3) is 0 Å². The Balaban J connectivity index is 2.33. The molecule has 0 heterocycles. The number of ether oxygens (including phenoxy) is 4. The number of nitrogens with zero attached hydrogens (tertiary/aromatic N) is 2. The lowest BCUT2D eigenvalue weighted by Gasteiger charge is -2.32. The highest BCUT2D eigenvalue weighted by Gasteiger charge is 2.36. The fraction of sp³-hybridized carbons (Fsp3) is 0.519. The van der Waals surface area contributed by atoms with Crippen molar-refractivity contribution in [3.63, 3.8) is 0 Å². The van der Waals surface area contributed by atoms with Crippen molar-refractivity contribution >= 4 is 0 Å². The standard InChI is InChI=1S/C27H38N2O4/c1-20(2)27(19-28,22-10-12-24(31-5)26(18-22)33-7)14-8-15-29(3)16-13-21-9-11-23(30-4)25(17-21)32-6/h9-12,17-18,20H,8,13-16H2,1-7H3/i1D2,2D3,20D. The molecule has 33 heavy (non-hydrogen) atoms. The molecule has 0 aliphatic heterocycles. The van der Waals surface area contributed by atoms with Gasteiger partial charge < -0.3 is 23.8 Å². The van der Waals surface area contributed by atoms with Crippen LogP contribution in [-0.2, 0) is 11.8 Å². The van der Waals surface area contributed by atoms with E-state index in [0.29, 0.717) is 36.8 Å². The van der Waals surface area contributed by atoms with Crippen LogP contribution in [0.3, 0.4) is 0 Å². The first kappa shape index (κ1) is 18.5. The van der Waals surface area contributed by atoms with Crippen LogP contribution in [0.1, 0.15) is 45.9 Å². The van der Waals surface area contributed by atoms with Gasteiger partial charge in [-0.3, -0.25) is 0 Å². The molecule has 0 fully saturated rings. The highest BCUT2D eigenvalue weighted by atomic mass is 16.5. The Morgan fingerprint density at radius 3 is 2.18 bits per heavy atom. The first-order valence-electron chi connectivity index (χ1n) is 13.9. The number of likely N-dealkylation sites (N-methyl/N-ethyl adjacent to an activating group) is 1. The smallest absolute Gasteiger partial charge is 0.161 e. The molecule has 2 aromatic carbocycles. The Bertz CT molecular complexity index is 1140. The van der Waals surface area contributed by atoms with E-state index < -0.39 is 25.0 Å². The molecule has 0 amide bonds. The van der Waals surface area contributed by atoms with Gasteiger partial charge in [0.05, 0.1) is 39.9 Å². The lowest BCUT2D eigenvalue weighted by molar-refractivity contribution is 0.292. The van der Waals surface area contributed by atoms with Crippen molar-refractivity contribution in [2.24, 2.45) is 5.89 Å². The van der Waals surface area contributed by atoms with Crippen molar-refractivity contribution < 1.29 is 27.2 Å². The van der Waals surface area contributed by atoms with Gasteiger partial charge in [0, 0.05) is 14.8 Å². The van der Waals surface area contributed by atoms with Crippen molar-refractivity contribution in [2.75, 3.05) is 48.6 Å². The van der Waals surface area contributed by atoms with E-state index in [1.807, 2.05) is 30.1 Å². The predicted molar refractivity (Wildman–Crippen MR) is 132 cm³/mol. The average Bonchev–Trinajstić information content (AvgIpc) is 2.92. The van der Waals surface area contributed by atoms with Gasteiger partial charge in [-0.15, -0.1) is 0 Å². The van der Waals surface area contributed by atoms with Crippen molar-refractivity contribution in [3.8, 4) is 29.1 Å². The second kappa shape index (κ2) is 12.4. The predicted octanol–water partition coefficient (Wildman–Crippen LogP) is 5.09. The van der Waals surface area contributed by atoms with Gasteiger partial charge in [0.15, 0.2) is 23.0 Å². The highest BCUT2D eigenvalue weighted by Crippen LogP contribution is 2.40. The summed E-state index contributed by atoms with van der Waals surface area (Å²) in [7, 11) is 7.94. The molecule has 0 N–H and O–H groups in total. The fourth-order valence-corrected chi connectivity index (χ4v) is 3.80. The Kier molecular flexibility index (Phi) is 6.93. The van der Waals surface area contributed by atoms with Crippen LogP contribution in [0.4, 0.5) is 0 Å². The third-order valence-electron chi connectivity index (χ3n) is 5.85. The van der Waals surface area contributed by atoms with Gasteiger partial charge in [0.1, 0.15) is 0 Å². The molecule has 2 unspecified atom stereocenters. The molecule has 0 aliphatic rings. The molecule has 2 rings (SSSR count). The van der Waals surface area contributed by atoms with E-state index in [0.717, 1.165) is 12.0 Å². The summed E-state index contributed by atoms with van der Waals surface area (Å²) in [6.45, 7) is -4.03. The van der Waals surface area contributed by atoms with Crippen LogP contribution in [0.25, 0.3) is 0 Å². The van der Waals surface area contributed by atoms with Gasteiger partial charge in [-0.05, 0) is 74.1 Å². The number of rotatable bonds is 13. The third kappa shape index (κ3) is 6.33. The summed E-state index contributed by atoms with van der Waals surface area (Å²) in [5.74, 6) is -0.801. The maximum Gasteiger partial charge on any atom is 0.161 e. The van der Waals surface area contributed by atoms with Crippen molar-refractivity contribution in [1.29, 1.82) is 5.26 Å².